The molecule has 1 aliphatic heterocycles. The Labute approximate surface area is 172 Å². The van der Waals surface area contributed by atoms with Gasteiger partial charge in [-0.2, -0.15) is 0 Å². The summed E-state index contributed by atoms with van der Waals surface area (Å²) in [6, 6.07) is 17.0. The first-order valence-electron chi connectivity index (χ1n) is 8.97. The zero-order valence-corrected chi connectivity index (χ0v) is 16.6. The number of aromatic nitrogens is 2. The van der Waals surface area contributed by atoms with Crippen molar-refractivity contribution >= 4 is 17.7 Å². The number of carbonyl (C=O) groups is 1. The number of thioether (sulfide) groups is 1. The highest BCUT2D eigenvalue weighted by Gasteiger charge is 2.13. The molecule has 4 rings (SSSR count). The fourth-order valence-corrected chi connectivity index (χ4v) is 3.40. The average molecular weight is 409 g/mol. The molecule has 2 heterocycles. The highest BCUT2D eigenvalue weighted by atomic mass is 32.2. The minimum atomic E-state index is -0.0753. The Morgan fingerprint density at radius 2 is 1.90 bits per heavy atom. The highest BCUT2D eigenvalue weighted by Crippen LogP contribution is 2.32. The molecule has 0 bridgehead atoms. The summed E-state index contributed by atoms with van der Waals surface area (Å²) in [6.45, 7) is 0.665. The Balaban J connectivity index is 1.26. The second-order valence-corrected chi connectivity index (χ2v) is 7.23. The van der Waals surface area contributed by atoms with Crippen molar-refractivity contribution in [1.29, 1.82) is 0 Å². The van der Waals surface area contributed by atoms with Gasteiger partial charge in [-0.3, -0.25) is 4.79 Å². The van der Waals surface area contributed by atoms with Crippen molar-refractivity contribution in [1.82, 2.24) is 15.5 Å². The molecule has 29 heavy (non-hydrogen) atoms. The van der Waals surface area contributed by atoms with Crippen LogP contribution in [0.3, 0.4) is 0 Å². The van der Waals surface area contributed by atoms with E-state index in [1.54, 1.807) is 7.11 Å². The quantitative estimate of drug-likeness (QED) is 0.600. The number of nitrogens with zero attached hydrogens (tertiary/aromatic N) is 2. The van der Waals surface area contributed by atoms with Gasteiger partial charge in [-0.25, -0.2) is 0 Å². The molecule has 1 aromatic heterocycles. The first-order valence-corrected chi connectivity index (χ1v) is 9.96. The van der Waals surface area contributed by atoms with Crippen molar-refractivity contribution < 1.29 is 19.0 Å². The first kappa shape index (κ1) is 19.1. The first-order chi connectivity index (χ1) is 14.2. The fraction of sp³-hybridized carbons (Fsp3) is 0.190. The van der Waals surface area contributed by atoms with Gasteiger partial charge in [-0.15, -0.1) is 10.2 Å². The number of amides is 1. The zero-order valence-electron chi connectivity index (χ0n) is 15.8. The van der Waals surface area contributed by atoms with Gasteiger partial charge in [0, 0.05) is 12.1 Å². The molecule has 1 amide bonds. The highest BCUT2D eigenvalue weighted by molar-refractivity contribution is 7.99. The van der Waals surface area contributed by atoms with Gasteiger partial charge in [-0.05, 0) is 54.1 Å². The van der Waals surface area contributed by atoms with Crippen LogP contribution in [-0.2, 0) is 11.3 Å². The molecule has 0 saturated carbocycles. The summed E-state index contributed by atoms with van der Waals surface area (Å²) in [7, 11) is 1.63. The van der Waals surface area contributed by atoms with Crippen LogP contribution in [0.1, 0.15) is 5.56 Å². The van der Waals surface area contributed by atoms with Gasteiger partial charge < -0.3 is 19.5 Å². The lowest BCUT2D eigenvalue weighted by molar-refractivity contribution is -0.118. The smallest absolute Gasteiger partial charge is 0.231 e. The summed E-state index contributed by atoms with van der Waals surface area (Å²) in [6.07, 6.45) is 0. The summed E-state index contributed by atoms with van der Waals surface area (Å²) in [5.41, 5.74) is 2.68. The van der Waals surface area contributed by atoms with Gasteiger partial charge in [0.1, 0.15) is 10.8 Å². The second kappa shape index (κ2) is 8.83. The molecule has 1 N–H and O–H groups in total. The summed E-state index contributed by atoms with van der Waals surface area (Å²) >= 11 is 1.34. The maximum Gasteiger partial charge on any atom is 0.231 e. The molecule has 0 aliphatic carbocycles. The van der Waals surface area contributed by atoms with Crippen LogP contribution in [0.25, 0.3) is 11.3 Å². The normalized spacial score (nSPS) is 11.9. The number of ether oxygens (including phenoxy) is 3. The van der Waals surface area contributed by atoms with Crippen LogP contribution in [-0.4, -0.2) is 35.8 Å². The molecule has 148 valence electrons. The molecular weight excluding hydrogens is 390 g/mol. The Bertz CT molecular complexity index is 994. The Kier molecular flexibility index (Phi) is 5.81. The summed E-state index contributed by atoms with van der Waals surface area (Å²) in [5.74, 6) is 2.42. The third-order valence-corrected chi connectivity index (χ3v) is 5.22. The molecule has 0 unspecified atom stereocenters. The molecule has 8 heteroatoms. The van der Waals surface area contributed by atoms with E-state index in [4.69, 9.17) is 14.2 Å². The van der Waals surface area contributed by atoms with Gasteiger partial charge >= 0.3 is 0 Å². The van der Waals surface area contributed by atoms with Crippen LogP contribution >= 0.6 is 11.8 Å². The summed E-state index contributed by atoms with van der Waals surface area (Å²) in [5, 5.41) is 12.0. The van der Waals surface area contributed by atoms with Gasteiger partial charge in [0.25, 0.3) is 0 Å². The van der Waals surface area contributed by atoms with Gasteiger partial charge in [0.05, 0.1) is 18.6 Å². The molecule has 0 atom stereocenters. The molecule has 0 saturated heterocycles. The molecule has 1 aliphatic rings. The van der Waals surface area contributed by atoms with E-state index in [0.29, 0.717) is 17.3 Å². The predicted molar refractivity (Wildman–Crippen MR) is 109 cm³/mol. The minimum absolute atomic E-state index is 0.0753. The van der Waals surface area contributed by atoms with E-state index < -0.39 is 0 Å². The van der Waals surface area contributed by atoms with E-state index >= 15 is 0 Å². The van der Waals surface area contributed by atoms with Crippen molar-refractivity contribution in [2.45, 2.75) is 11.6 Å². The summed E-state index contributed by atoms with van der Waals surface area (Å²) < 4.78 is 15.8. The van der Waals surface area contributed by atoms with Crippen LogP contribution < -0.4 is 19.5 Å². The third kappa shape index (κ3) is 4.78. The average Bonchev–Trinajstić information content (AvgIpc) is 3.24. The molecule has 2 aromatic carbocycles. The Hall–Kier alpha value is -3.26. The largest absolute Gasteiger partial charge is 0.497 e. The van der Waals surface area contributed by atoms with E-state index in [2.05, 4.69) is 15.5 Å². The van der Waals surface area contributed by atoms with Crippen molar-refractivity contribution in [3.05, 3.63) is 60.2 Å². The lowest BCUT2D eigenvalue weighted by Gasteiger charge is -2.06. The van der Waals surface area contributed by atoms with E-state index in [0.717, 1.165) is 28.3 Å². The van der Waals surface area contributed by atoms with Crippen molar-refractivity contribution in [3.8, 4) is 28.5 Å². The van der Waals surface area contributed by atoms with E-state index in [1.807, 2.05) is 54.6 Å². The zero-order chi connectivity index (χ0) is 20.1. The number of nitrogens with one attached hydrogen (secondary N) is 1. The molecule has 0 spiro atoms. The lowest BCUT2D eigenvalue weighted by atomic mass is 10.1. The predicted octanol–water partition coefficient (Wildman–Crippen LogP) is 3.29. The van der Waals surface area contributed by atoms with Crippen LogP contribution in [0.2, 0.25) is 0 Å². The number of hydrogen-bond donors (Lipinski definition) is 1. The van der Waals surface area contributed by atoms with Crippen molar-refractivity contribution in [3.63, 3.8) is 0 Å². The third-order valence-electron chi connectivity index (χ3n) is 4.30. The van der Waals surface area contributed by atoms with E-state index in [1.165, 1.54) is 11.8 Å². The number of methoxy groups -OCH3 is 1. The molecule has 3 aromatic rings. The maximum atomic E-state index is 12.1. The number of benzene rings is 2. The number of hydrogen-bond acceptors (Lipinski definition) is 7. The standard InChI is InChI=1S/C21H19N3O4S/c1-26-16-5-3-15(4-6-16)17-7-9-21(24-23-17)29-12-20(25)22-11-14-2-8-18-19(10-14)28-13-27-18/h2-10H,11-13H2,1H3,(H,22,25). The SMILES string of the molecule is COc1ccc(-c2ccc(SCC(=O)NCc3ccc4c(c3)OCO4)nn2)cc1. The monoisotopic (exact) mass is 409 g/mol. The number of carbonyl (C=O) groups excluding carboxylic acids is 1. The molecular formula is C21H19N3O4S. The maximum absolute atomic E-state index is 12.1. The Morgan fingerprint density at radius 3 is 2.66 bits per heavy atom. The fourth-order valence-electron chi connectivity index (χ4n) is 2.75. The van der Waals surface area contributed by atoms with Gasteiger partial charge in [0.15, 0.2) is 11.5 Å². The number of fused-ring (bicyclic) bond motifs is 1. The number of rotatable bonds is 7. The molecule has 0 radical (unpaired) electrons. The van der Waals surface area contributed by atoms with Crippen molar-refractivity contribution in [2.24, 2.45) is 0 Å². The van der Waals surface area contributed by atoms with Gasteiger partial charge in [0.2, 0.25) is 12.7 Å². The van der Waals surface area contributed by atoms with E-state index in [9.17, 15) is 4.79 Å². The second-order valence-electron chi connectivity index (χ2n) is 6.24. The topological polar surface area (TPSA) is 82.6 Å². The van der Waals surface area contributed by atoms with Crippen LogP contribution in [0.4, 0.5) is 0 Å². The lowest BCUT2D eigenvalue weighted by Crippen LogP contribution is -2.24. The Morgan fingerprint density at radius 1 is 1.07 bits per heavy atom. The van der Waals surface area contributed by atoms with E-state index in [-0.39, 0.29) is 18.5 Å². The van der Waals surface area contributed by atoms with Gasteiger partial charge in [-0.1, -0.05) is 17.8 Å². The minimum Gasteiger partial charge on any atom is -0.497 e. The van der Waals surface area contributed by atoms with Crippen LogP contribution in [0.5, 0.6) is 17.2 Å². The molecule has 0 fully saturated rings. The summed E-state index contributed by atoms with van der Waals surface area (Å²) in [4.78, 5) is 12.1. The molecule has 7 nitrogen and oxygen atoms in total. The van der Waals surface area contributed by atoms with Crippen molar-refractivity contribution in [2.75, 3.05) is 19.7 Å². The van der Waals surface area contributed by atoms with Crippen LogP contribution in [0, 0.1) is 0 Å². The van der Waals surface area contributed by atoms with Crippen LogP contribution in [0.15, 0.2) is 59.6 Å².